The van der Waals surface area contributed by atoms with Crippen molar-refractivity contribution in [1.82, 2.24) is 4.98 Å². The van der Waals surface area contributed by atoms with Gasteiger partial charge in [-0.05, 0) is 69.3 Å². The van der Waals surface area contributed by atoms with E-state index in [2.05, 4.69) is 15.7 Å². The largest absolute Gasteiger partial charge is 0.493 e. The fourth-order valence-corrected chi connectivity index (χ4v) is 5.24. The van der Waals surface area contributed by atoms with Crippen LogP contribution in [0.15, 0.2) is 66.9 Å². The maximum atomic E-state index is 15.2. The van der Waals surface area contributed by atoms with E-state index in [0.29, 0.717) is 51.9 Å². The van der Waals surface area contributed by atoms with Crippen LogP contribution in [0.25, 0.3) is 10.9 Å². The number of benzene rings is 3. The van der Waals surface area contributed by atoms with E-state index in [-0.39, 0.29) is 22.9 Å². The predicted molar refractivity (Wildman–Crippen MR) is 169 cm³/mol. The molecule has 0 aliphatic heterocycles. The Hall–Kier alpha value is -4.84. The van der Waals surface area contributed by atoms with E-state index >= 15 is 4.39 Å². The number of hydrazine groups is 1. The zero-order chi connectivity index (χ0) is 33.2. The fourth-order valence-electron chi connectivity index (χ4n) is 5.24. The molecule has 3 aromatic carbocycles. The number of amides is 1. The molecule has 1 fully saturated rings. The van der Waals surface area contributed by atoms with Crippen molar-refractivity contribution in [2.45, 2.75) is 46.3 Å². The third kappa shape index (κ3) is 7.34. The molecule has 1 aliphatic carbocycles. The van der Waals surface area contributed by atoms with Crippen LogP contribution in [-0.2, 0) is 9.53 Å². The molecule has 1 aromatic heterocycles. The Morgan fingerprint density at radius 1 is 0.935 bits per heavy atom. The molecule has 0 spiro atoms. The van der Waals surface area contributed by atoms with Crippen LogP contribution < -0.4 is 25.0 Å². The molecule has 1 heterocycles. The molecule has 0 radical (unpaired) electrons. The number of hydrogen-bond acceptors (Lipinski definition) is 7. The molecule has 10 nitrogen and oxygen atoms in total. The smallest absolute Gasteiger partial charge is 0.253 e. The topological polar surface area (TPSA) is 111 Å². The van der Waals surface area contributed by atoms with Gasteiger partial charge in [0.2, 0.25) is 5.91 Å². The lowest BCUT2D eigenvalue weighted by Gasteiger charge is -2.20. The number of halogens is 2. The normalized spacial score (nSPS) is 16.9. The highest BCUT2D eigenvalue weighted by molar-refractivity contribution is 5.95. The van der Waals surface area contributed by atoms with E-state index in [9.17, 15) is 14.1 Å². The van der Waals surface area contributed by atoms with Crippen LogP contribution >= 0.6 is 0 Å². The van der Waals surface area contributed by atoms with Crippen molar-refractivity contribution in [3.63, 3.8) is 0 Å². The fraction of sp³-hybridized carbons (Fsp3) is 0.353. The monoisotopic (exact) mass is 635 g/mol. The van der Waals surface area contributed by atoms with Gasteiger partial charge >= 0.3 is 0 Å². The minimum Gasteiger partial charge on any atom is -0.493 e. The number of nitroso groups, excluding NO2 is 1. The summed E-state index contributed by atoms with van der Waals surface area (Å²) in [5, 5.41) is 3.29. The van der Waals surface area contributed by atoms with Crippen LogP contribution in [0.5, 0.6) is 23.0 Å². The Morgan fingerprint density at radius 2 is 1.65 bits per heavy atom. The summed E-state index contributed by atoms with van der Waals surface area (Å²) in [5.41, 5.74) is 2.84. The summed E-state index contributed by atoms with van der Waals surface area (Å²) in [6.45, 7) is 10.2. The van der Waals surface area contributed by atoms with Crippen molar-refractivity contribution in [2.24, 2.45) is 11.3 Å². The SMILES string of the molecule is COc1cc2c(Oc3ccc(N[N+](=O)[C@H]4[C@@H](C(=O)Nc5ccc(F)cc5)C4(C)C)cc3F)ccnc2cc1OCCOC(C)(C)C. The molecule has 5 rings (SSSR count). The number of anilines is 2. The molecule has 2 N–H and O–H groups in total. The highest BCUT2D eigenvalue weighted by Crippen LogP contribution is 2.54. The predicted octanol–water partition coefficient (Wildman–Crippen LogP) is 7.28. The molecule has 1 aliphatic rings. The molecular weight excluding hydrogens is 598 g/mol. The quantitative estimate of drug-likeness (QED) is 0.0950. The van der Waals surface area contributed by atoms with E-state index in [0.717, 1.165) is 6.07 Å². The lowest BCUT2D eigenvalue weighted by molar-refractivity contribution is -0.540. The highest BCUT2D eigenvalue weighted by Gasteiger charge is 2.73. The van der Waals surface area contributed by atoms with Gasteiger partial charge in [-0.2, -0.15) is 0 Å². The van der Waals surface area contributed by atoms with E-state index in [1.807, 2.05) is 20.8 Å². The summed E-state index contributed by atoms with van der Waals surface area (Å²) < 4.78 is 51.5. The molecule has 0 bridgehead atoms. The minimum absolute atomic E-state index is 0.0718. The van der Waals surface area contributed by atoms with Gasteiger partial charge < -0.3 is 24.3 Å². The lowest BCUT2D eigenvalue weighted by atomic mass is 10.1. The molecule has 4 aromatic rings. The summed E-state index contributed by atoms with van der Waals surface area (Å²) in [7, 11) is 1.52. The molecule has 242 valence electrons. The molecule has 46 heavy (non-hydrogen) atoms. The van der Waals surface area contributed by atoms with Gasteiger partial charge in [-0.25, -0.2) is 8.78 Å². The van der Waals surface area contributed by atoms with Crippen LogP contribution in [0, 0.1) is 27.9 Å². The first-order valence-electron chi connectivity index (χ1n) is 14.8. The van der Waals surface area contributed by atoms with Crippen molar-refractivity contribution in [1.29, 1.82) is 0 Å². The molecule has 2 atom stereocenters. The zero-order valence-corrected chi connectivity index (χ0v) is 26.5. The van der Waals surface area contributed by atoms with Crippen LogP contribution in [0.2, 0.25) is 0 Å². The molecule has 0 unspecified atom stereocenters. The van der Waals surface area contributed by atoms with Crippen molar-refractivity contribution in [2.75, 3.05) is 31.1 Å². The number of carbonyl (C=O) groups is 1. The number of fused-ring (bicyclic) bond motifs is 1. The second-order valence-corrected chi connectivity index (χ2v) is 12.6. The van der Waals surface area contributed by atoms with Gasteiger partial charge in [0, 0.05) is 29.4 Å². The first-order valence-corrected chi connectivity index (χ1v) is 14.8. The summed E-state index contributed by atoms with van der Waals surface area (Å²) in [6.07, 6.45) is 1.54. The van der Waals surface area contributed by atoms with Crippen LogP contribution in [-0.4, -0.2) is 47.7 Å². The average molecular weight is 636 g/mol. The van der Waals surface area contributed by atoms with Gasteiger partial charge in [0.15, 0.2) is 23.1 Å². The van der Waals surface area contributed by atoms with E-state index in [1.54, 1.807) is 38.2 Å². The van der Waals surface area contributed by atoms with Gasteiger partial charge in [-0.3, -0.25) is 9.78 Å². The number of pyridine rings is 1. The summed E-state index contributed by atoms with van der Waals surface area (Å²) >= 11 is 0. The van der Waals surface area contributed by atoms with Gasteiger partial charge in [0.1, 0.15) is 34.6 Å². The molecule has 1 amide bonds. The van der Waals surface area contributed by atoms with E-state index < -0.39 is 29.0 Å². The standard InChI is InChI=1S/C34H36F2N4O6/c1-33(2,3)45-16-15-44-29-19-25-23(18-28(29)43-6)26(13-14-37-25)46-27-12-11-22(17-24(27)36)39-40(42)31-30(34(31,4)5)32(41)38-21-9-7-20(35)8-10-21/h7-14,17-19,30-31H,15-16H2,1-6H3,(H-,38,39,41,42)/p+1/t30-,31-/m0/s1. The number of nitrogens with zero attached hydrogens (tertiary/aromatic N) is 2. The van der Waals surface area contributed by atoms with Gasteiger partial charge in [-0.15, -0.1) is 5.43 Å². The Kier molecular flexibility index (Phi) is 9.11. The average Bonchev–Trinajstić information content (AvgIpc) is 3.59. The number of hydrogen-bond donors (Lipinski definition) is 2. The second kappa shape index (κ2) is 12.9. The highest BCUT2D eigenvalue weighted by atomic mass is 19.1. The Morgan fingerprint density at radius 3 is 2.33 bits per heavy atom. The van der Waals surface area contributed by atoms with E-state index in [1.165, 1.54) is 43.5 Å². The van der Waals surface area contributed by atoms with Crippen molar-refractivity contribution in [3.8, 4) is 23.0 Å². The second-order valence-electron chi connectivity index (χ2n) is 12.6. The number of aromatic nitrogens is 1. The first kappa shape index (κ1) is 32.6. The Balaban J connectivity index is 1.25. The van der Waals surface area contributed by atoms with Crippen molar-refractivity contribution in [3.05, 3.63) is 83.4 Å². The number of nitrogens with one attached hydrogen (secondary N) is 2. The maximum absolute atomic E-state index is 15.2. The molecule has 0 saturated heterocycles. The summed E-state index contributed by atoms with van der Waals surface area (Å²) in [6, 6.07) is 13.7. The molecule has 12 heteroatoms. The van der Waals surface area contributed by atoms with Crippen LogP contribution in [0.4, 0.5) is 20.2 Å². The van der Waals surface area contributed by atoms with Gasteiger partial charge in [0.25, 0.3) is 6.04 Å². The molecular formula is C34H37F2N4O6+. The van der Waals surface area contributed by atoms with Gasteiger partial charge in [0.05, 0.1) is 35.2 Å². The number of rotatable bonds is 12. The first-order chi connectivity index (χ1) is 21.8. The van der Waals surface area contributed by atoms with Crippen LogP contribution in [0.1, 0.15) is 34.6 Å². The summed E-state index contributed by atoms with van der Waals surface area (Å²) in [4.78, 5) is 30.9. The zero-order valence-electron chi connectivity index (χ0n) is 26.5. The summed E-state index contributed by atoms with van der Waals surface area (Å²) in [5.74, 6) is -0.950. The number of ether oxygens (including phenoxy) is 4. The van der Waals surface area contributed by atoms with Crippen molar-refractivity contribution < 1.29 is 37.4 Å². The third-order valence-electron chi connectivity index (χ3n) is 7.67. The minimum atomic E-state index is -0.718. The van der Waals surface area contributed by atoms with Crippen LogP contribution in [0.3, 0.4) is 0 Å². The van der Waals surface area contributed by atoms with Gasteiger partial charge in [-0.1, -0.05) is 13.8 Å². The Bertz CT molecular complexity index is 1760. The lowest BCUT2D eigenvalue weighted by Crippen LogP contribution is -2.24. The third-order valence-corrected chi connectivity index (χ3v) is 7.67. The number of methoxy groups -OCH3 is 1. The number of carbonyl (C=O) groups excluding carboxylic acids is 1. The van der Waals surface area contributed by atoms with E-state index in [4.69, 9.17) is 18.9 Å². The molecule has 1 saturated carbocycles. The maximum Gasteiger partial charge on any atom is 0.253 e. The van der Waals surface area contributed by atoms with Crippen molar-refractivity contribution >= 4 is 28.2 Å². The Labute approximate surface area is 265 Å².